The number of rotatable bonds is 5. The molecule has 1 saturated carbocycles. The summed E-state index contributed by atoms with van der Waals surface area (Å²) in [7, 11) is 0. The summed E-state index contributed by atoms with van der Waals surface area (Å²) in [6.07, 6.45) is 5.49. The Morgan fingerprint density at radius 3 is 2.76 bits per heavy atom. The van der Waals surface area contributed by atoms with Crippen LogP contribution in [0.5, 0.6) is 0 Å². The molecule has 4 heteroatoms. The molecule has 0 aliphatic heterocycles. The van der Waals surface area contributed by atoms with Crippen LogP contribution in [0.3, 0.4) is 0 Å². The average Bonchev–Trinajstić information content (AvgIpc) is 2.23. The van der Waals surface area contributed by atoms with Crippen LogP contribution in [0.1, 0.15) is 31.2 Å². The van der Waals surface area contributed by atoms with Crippen LogP contribution < -0.4 is 11.1 Å². The highest BCUT2D eigenvalue weighted by atomic mass is 79.9. The molecule has 3 N–H and O–H groups in total. The van der Waals surface area contributed by atoms with E-state index in [4.69, 9.17) is 18.0 Å². The lowest BCUT2D eigenvalue weighted by Crippen LogP contribution is -2.16. The third-order valence-corrected chi connectivity index (χ3v) is 4.24. The summed E-state index contributed by atoms with van der Waals surface area (Å²) in [6, 6.07) is 5.95. The van der Waals surface area contributed by atoms with Crippen molar-refractivity contribution in [1.29, 1.82) is 0 Å². The number of hydrogen-bond donors (Lipinski definition) is 2. The molecule has 0 unspecified atom stereocenters. The van der Waals surface area contributed by atoms with Gasteiger partial charge < -0.3 is 11.1 Å². The van der Waals surface area contributed by atoms with Gasteiger partial charge in [0.1, 0.15) is 4.99 Å². The molecule has 0 aromatic heterocycles. The largest absolute Gasteiger partial charge is 0.389 e. The maximum atomic E-state index is 5.59. The first-order valence-electron chi connectivity index (χ1n) is 6.00. The number of hydrogen-bond acceptors (Lipinski definition) is 2. The minimum atomic E-state index is 0.437. The molecule has 1 fully saturated rings. The molecule has 1 aromatic carbocycles. The van der Waals surface area contributed by atoms with Crippen molar-refractivity contribution in [2.45, 2.75) is 25.7 Å². The number of nitrogens with two attached hydrogens (primary N) is 1. The molecule has 0 amide bonds. The fraction of sp³-hybridized carbons (Fsp3) is 0.462. The molecule has 2 rings (SSSR count). The van der Waals surface area contributed by atoms with Gasteiger partial charge in [0.15, 0.2) is 0 Å². The number of benzene rings is 1. The van der Waals surface area contributed by atoms with Crippen molar-refractivity contribution < 1.29 is 0 Å². The van der Waals surface area contributed by atoms with E-state index >= 15 is 0 Å². The Labute approximate surface area is 116 Å². The molecule has 0 heterocycles. The van der Waals surface area contributed by atoms with Gasteiger partial charge in [-0.25, -0.2) is 0 Å². The molecule has 1 aromatic rings. The highest BCUT2D eigenvalue weighted by molar-refractivity contribution is 9.10. The van der Waals surface area contributed by atoms with E-state index in [2.05, 4.69) is 21.2 Å². The summed E-state index contributed by atoms with van der Waals surface area (Å²) in [4.78, 5) is 0.437. The van der Waals surface area contributed by atoms with Crippen LogP contribution in [-0.4, -0.2) is 11.5 Å². The molecular weight excluding hydrogens is 296 g/mol. The van der Waals surface area contributed by atoms with E-state index in [0.29, 0.717) is 4.99 Å². The van der Waals surface area contributed by atoms with Gasteiger partial charge in [0.25, 0.3) is 0 Å². The molecule has 17 heavy (non-hydrogen) atoms. The van der Waals surface area contributed by atoms with Gasteiger partial charge in [-0.2, -0.15) is 0 Å². The van der Waals surface area contributed by atoms with Crippen LogP contribution >= 0.6 is 28.1 Å². The zero-order valence-corrected chi connectivity index (χ0v) is 12.1. The van der Waals surface area contributed by atoms with Crippen molar-refractivity contribution in [3.05, 3.63) is 28.2 Å². The van der Waals surface area contributed by atoms with Crippen LogP contribution in [0.15, 0.2) is 22.7 Å². The Kier molecular flexibility index (Phi) is 4.40. The SMILES string of the molecule is NC(=S)c1ccc(NCCC2CCC2)c(Br)c1. The number of anilines is 1. The molecule has 0 spiro atoms. The molecule has 0 atom stereocenters. The summed E-state index contributed by atoms with van der Waals surface area (Å²) in [5.41, 5.74) is 7.60. The van der Waals surface area contributed by atoms with E-state index in [1.165, 1.54) is 25.7 Å². The van der Waals surface area contributed by atoms with Crippen LogP contribution in [-0.2, 0) is 0 Å². The lowest BCUT2D eigenvalue weighted by molar-refractivity contribution is 0.303. The Morgan fingerprint density at radius 2 is 2.24 bits per heavy atom. The van der Waals surface area contributed by atoms with Gasteiger partial charge in [0.05, 0.1) is 0 Å². The molecule has 0 radical (unpaired) electrons. The van der Waals surface area contributed by atoms with E-state index in [-0.39, 0.29) is 0 Å². The lowest BCUT2D eigenvalue weighted by Gasteiger charge is -2.25. The van der Waals surface area contributed by atoms with Gasteiger partial charge in [0, 0.05) is 22.3 Å². The maximum absolute atomic E-state index is 5.59. The molecule has 1 aliphatic carbocycles. The van der Waals surface area contributed by atoms with E-state index < -0.39 is 0 Å². The molecule has 1 aliphatic rings. The second-order valence-electron chi connectivity index (χ2n) is 4.57. The molecule has 92 valence electrons. The summed E-state index contributed by atoms with van der Waals surface area (Å²) in [5, 5.41) is 3.45. The minimum Gasteiger partial charge on any atom is -0.389 e. The molecule has 0 bridgehead atoms. The van der Waals surface area contributed by atoms with E-state index in [0.717, 1.165) is 28.2 Å². The number of nitrogens with one attached hydrogen (secondary N) is 1. The van der Waals surface area contributed by atoms with Crippen molar-refractivity contribution >= 4 is 38.8 Å². The summed E-state index contributed by atoms with van der Waals surface area (Å²) in [6.45, 7) is 1.04. The third kappa shape index (κ3) is 3.42. The lowest BCUT2D eigenvalue weighted by atomic mass is 9.83. The zero-order valence-electron chi connectivity index (χ0n) is 9.71. The molecular formula is C13H17BrN2S. The van der Waals surface area contributed by atoms with Gasteiger partial charge in [-0.1, -0.05) is 31.5 Å². The highest BCUT2D eigenvalue weighted by Gasteiger charge is 2.16. The first kappa shape index (κ1) is 12.8. The number of thiocarbonyl (C=S) groups is 1. The summed E-state index contributed by atoms with van der Waals surface area (Å²) in [5.74, 6) is 0.942. The van der Waals surface area contributed by atoms with Crippen molar-refractivity contribution in [3.8, 4) is 0 Å². The van der Waals surface area contributed by atoms with Gasteiger partial charge >= 0.3 is 0 Å². The monoisotopic (exact) mass is 312 g/mol. The van der Waals surface area contributed by atoms with E-state index in [1.54, 1.807) is 0 Å². The summed E-state index contributed by atoms with van der Waals surface area (Å²) >= 11 is 8.48. The summed E-state index contributed by atoms with van der Waals surface area (Å²) < 4.78 is 1.02. The Morgan fingerprint density at radius 1 is 1.47 bits per heavy atom. The van der Waals surface area contributed by atoms with E-state index in [9.17, 15) is 0 Å². The fourth-order valence-electron chi connectivity index (χ4n) is 2.00. The highest BCUT2D eigenvalue weighted by Crippen LogP contribution is 2.30. The van der Waals surface area contributed by atoms with Gasteiger partial charge in [-0.15, -0.1) is 0 Å². The topological polar surface area (TPSA) is 38.0 Å². The van der Waals surface area contributed by atoms with Crippen molar-refractivity contribution in [3.63, 3.8) is 0 Å². The first-order chi connectivity index (χ1) is 8.16. The third-order valence-electron chi connectivity index (χ3n) is 3.35. The Bertz CT molecular complexity index is 416. The average molecular weight is 313 g/mol. The second kappa shape index (κ2) is 5.83. The quantitative estimate of drug-likeness (QED) is 0.814. The van der Waals surface area contributed by atoms with Gasteiger partial charge in [0.2, 0.25) is 0 Å². The van der Waals surface area contributed by atoms with Crippen LogP contribution in [0.2, 0.25) is 0 Å². The molecule has 0 saturated heterocycles. The van der Waals surface area contributed by atoms with Gasteiger partial charge in [-0.05, 0) is 46.5 Å². The van der Waals surface area contributed by atoms with Crippen molar-refractivity contribution in [2.75, 3.05) is 11.9 Å². The standard InChI is InChI=1S/C13H17BrN2S/c14-11-8-10(13(15)17)4-5-12(11)16-7-6-9-2-1-3-9/h4-5,8-9,16H,1-3,6-7H2,(H2,15,17). The van der Waals surface area contributed by atoms with Crippen molar-refractivity contribution in [2.24, 2.45) is 11.7 Å². The number of halogens is 1. The smallest absolute Gasteiger partial charge is 0.104 e. The second-order valence-corrected chi connectivity index (χ2v) is 5.87. The van der Waals surface area contributed by atoms with Gasteiger partial charge in [-0.3, -0.25) is 0 Å². The predicted octanol–water partition coefficient (Wildman–Crippen LogP) is 3.69. The predicted molar refractivity (Wildman–Crippen MR) is 80.5 cm³/mol. The van der Waals surface area contributed by atoms with Crippen LogP contribution in [0.4, 0.5) is 5.69 Å². The van der Waals surface area contributed by atoms with Crippen LogP contribution in [0.25, 0.3) is 0 Å². The normalized spacial score (nSPS) is 15.4. The van der Waals surface area contributed by atoms with Crippen molar-refractivity contribution in [1.82, 2.24) is 0 Å². The Hall–Kier alpha value is -0.610. The molecule has 2 nitrogen and oxygen atoms in total. The van der Waals surface area contributed by atoms with Crippen LogP contribution in [0, 0.1) is 5.92 Å². The Balaban J connectivity index is 1.89. The first-order valence-corrected chi connectivity index (χ1v) is 7.20. The van der Waals surface area contributed by atoms with E-state index in [1.807, 2.05) is 18.2 Å². The zero-order chi connectivity index (χ0) is 12.3. The fourth-order valence-corrected chi connectivity index (χ4v) is 2.65. The minimum absolute atomic E-state index is 0.437. The maximum Gasteiger partial charge on any atom is 0.104 e.